The number of rotatable bonds is 5. The summed E-state index contributed by atoms with van der Waals surface area (Å²) in [4.78, 5) is 10.7. The van der Waals surface area contributed by atoms with Crippen molar-refractivity contribution in [3.05, 3.63) is 47.8 Å². The van der Waals surface area contributed by atoms with E-state index in [4.69, 9.17) is 0 Å². The Labute approximate surface area is 152 Å². The SMILES string of the molecule is CCNC(=NCc1ncnn1C)N(C)Cc1cccc(F)c1.I. The van der Waals surface area contributed by atoms with E-state index in [0.717, 1.165) is 23.9 Å². The van der Waals surface area contributed by atoms with E-state index in [1.807, 2.05) is 32.0 Å². The molecule has 0 atom stereocenters. The van der Waals surface area contributed by atoms with Crippen LogP contribution in [0, 0.1) is 5.82 Å². The fraction of sp³-hybridized carbons (Fsp3) is 0.400. The summed E-state index contributed by atoms with van der Waals surface area (Å²) < 4.78 is 15.0. The lowest BCUT2D eigenvalue weighted by Crippen LogP contribution is -2.38. The van der Waals surface area contributed by atoms with Crippen LogP contribution in [0.1, 0.15) is 18.3 Å². The molecule has 0 fully saturated rings. The predicted molar refractivity (Wildman–Crippen MR) is 99.1 cm³/mol. The maximum atomic E-state index is 13.3. The molecule has 0 aliphatic carbocycles. The van der Waals surface area contributed by atoms with Gasteiger partial charge in [0.25, 0.3) is 0 Å². The summed E-state index contributed by atoms with van der Waals surface area (Å²) in [6.07, 6.45) is 1.51. The fourth-order valence-electron chi connectivity index (χ4n) is 2.06. The van der Waals surface area contributed by atoms with Gasteiger partial charge < -0.3 is 10.2 Å². The van der Waals surface area contributed by atoms with E-state index in [1.165, 1.54) is 18.5 Å². The van der Waals surface area contributed by atoms with E-state index in [1.54, 1.807) is 10.7 Å². The lowest BCUT2D eigenvalue weighted by Gasteiger charge is -2.22. The van der Waals surface area contributed by atoms with Crippen molar-refractivity contribution in [2.24, 2.45) is 12.0 Å². The number of halogens is 2. The third kappa shape index (κ3) is 5.77. The lowest BCUT2D eigenvalue weighted by molar-refractivity contribution is 0.474. The number of benzene rings is 1. The Kier molecular flexibility index (Phi) is 7.93. The molecule has 0 saturated heterocycles. The summed E-state index contributed by atoms with van der Waals surface area (Å²) in [5.74, 6) is 1.30. The summed E-state index contributed by atoms with van der Waals surface area (Å²) in [5, 5.41) is 7.25. The molecule has 0 amide bonds. The number of aromatic nitrogens is 3. The average molecular weight is 432 g/mol. The molecule has 6 nitrogen and oxygen atoms in total. The molecule has 0 unspecified atom stereocenters. The number of nitrogens with zero attached hydrogens (tertiary/aromatic N) is 5. The molecule has 8 heteroatoms. The molecule has 1 aromatic carbocycles. The Morgan fingerprint density at radius 3 is 2.83 bits per heavy atom. The average Bonchev–Trinajstić information content (AvgIpc) is 2.88. The molecule has 0 aliphatic heterocycles. The minimum Gasteiger partial charge on any atom is -0.357 e. The number of nitrogens with one attached hydrogen (secondary N) is 1. The maximum Gasteiger partial charge on any atom is 0.194 e. The van der Waals surface area contributed by atoms with E-state index in [2.05, 4.69) is 20.4 Å². The lowest BCUT2D eigenvalue weighted by atomic mass is 10.2. The molecule has 2 rings (SSSR count). The summed E-state index contributed by atoms with van der Waals surface area (Å²) >= 11 is 0. The van der Waals surface area contributed by atoms with E-state index in [-0.39, 0.29) is 29.8 Å². The Bertz CT molecular complexity index is 642. The van der Waals surface area contributed by atoms with Crippen LogP contribution in [0.15, 0.2) is 35.6 Å². The topological polar surface area (TPSA) is 58.3 Å². The third-order valence-electron chi connectivity index (χ3n) is 3.18. The number of aliphatic imine (C=N–C) groups is 1. The van der Waals surface area contributed by atoms with Crippen molar-refractivity contribution in [2.75, 3.05) is 13.6 Å². The molecule has 0 saturated carbocycles. The molecule has 0 radical (unpaired) electrons. The Hall–Kier alpha value is -1.71. The van der Waals surface area contributed by atoms with Crippen molar-refractivity contribution < 1.29 is 4.39 Å². The third-order valence-corrected chi connectivity index (χ3v) is 3.18. The predicted octanol–water partition coefficient (Wildman–Crippen LogP) is 2.17. The highest BCUT2D eigenvalue weighted by molar-refractivity contribution is 14.0. The fourth-order valence-corrected chi connectivity index (χ4v) is 2.06. The van der Waals surface area contributed by atoms with Crippen LogP contribution in [-0.4, -0.2) is 39.2 Å². The van der Waals surface area contributed by atoms with Crippen LogP contribution < -0.4 is 5.32 Å². The van der Waals surface area contributed by atoms with Crippen molar-refractivity contribution in [1.82, 2.24) is 25.0 Å². The molecule has 1 N–H and O–H groups in total. The maximum absolute atomic E-state index is 13.3. The molecule has 23 heavy (non-hydrogen) atoms. The summed E-state index contributed by atoms with van der Waals surface area (Å²) in [6, 6.07) is 6.58. The second kappa shape index (κ2) is 9.43. The highest BCUT2D eigenvalue weighted by Crippen LogP contribution is 2.07. The zero-order valence-electron chi connectivity index (χ0n) is 13.5. The summed E-state index contributed by atoms with van der Waals surface area (Å²) in [7, 11) is 3.75. The minimum absolute atomic E-state index is 0. The van der Waals surface area contributed by atoms with Crippen LogP contribution in [0.4, 0.5) is 4.39 Å². The zero-order valence-corrected chi connectivity index (χ0v) is 15.9. The van der Waals surface area contributed by atoms with Crippen LogP contribution in [0.3, 0.4) is 0 Å². The van der Waals surface area contributed by atoms with Crippen LogP contribution >= 0.6 is 24.0 Å². The number of guanidine groups is 1. The van der Waals surface area contributed by atoms with Crippen LogP contribution in [0.25, 0.3) is 0 Å². The molecule has 1 aromatic heterocycles. The molecule has 0 spiro atoms. The van der Waals surface area contributed by atoms with Crippen molar-refractivity contribution in [1.29, 1.82) is 0 Å². The van der Waals surface area contributed by atoms with Gasteiger partial charge in [0.05, 0.1) is 0 Å². The second-order valence-electron chi connectivity index (χ2n) is 4.96. The summed E-state index contributed by atoms with van der Waals surface area (Å²) in [5.41, 5.74) is 0.895. The van der Waals surface area contributed by atoms with E-state index in [9.17, 15) is 4.39 Å². The monoisotopic (exact) mass is 432 g/mol. The van der Waals surface area contributed by atoms with Gasteiger partial charge in [0.1, 0.15) is 24.5 Å². The zero-order chi connectivity index (χ0) is 15.9. The van der Waals surface area contributed by atoms with Crippen LogP contribution in [-0.2, 0) is 20.1 Å². The van der Waals surface area contributed by atoms with E-state index < -0.39 is 0 Å². The van der Waals surface area contributed by atoms with Gasteiger partial charge in [-0.3, -0.25) is 4.68 Å². The first-order valence-corrected chi connectivity index (χ1v) is 7.17. The van der Waals surface area contributed by atoms with Crippen molar-refractivity contribution in [3.63, 3.8) is 0 Å². The van der Waals surface area contributed by atoms with E-state index >= 15 is 0 Å². The molecule has 0 aliphatic rings. The first kappa shape index (κ1) is 19.3. The van der Waals surface area contributed by atoms with Gasteiger partial charge >= 0.3 is 0 Å². The molecule has 0 bridgehead atoms. The van der Waals surface area contributed by atoms with E-state index in [0.29, 0.717) is 13.1 Å². The molecule has 126 valence electrons. The molecule has 2 aromatic rings. The minimum atomic E-state index is -0.230. The first-order valence-electron chi connectivity index (χ1n) is 7.17. The van der Waals surface area contributed by atoms with Crippen LogP contribution in [0.2, 0.25) is 0 Å². The van der Waals surface area contributed by atoms with Gasteiger partial charge in [0.2, 0.25) is 0 Å². The first-order chi connectivity index (χ1) is 10.6. The summed E-state index contributed by atoms with van der Waals surface area (Å²) in [6.45, 7) is 3.77. The Morgan fingerprint density at radius 1 is 1.43 bits per heavy atom. The smallest absolute Gasteiger partial charge is 0.194 e. The normalized spacial score (nSPS) is 11.0. The van der Waals surface area contributed by atoms with Gasteiger partial charge in [-0.1, -0.05) is 12.1 Å². The van der Waals surface area contributed by atoms with Crippen molar-refractivity contribution in [3.8, 4) is 0 Å². The molecule has 1 heterocycles. The highest BCUT2D eigenvalue weighted by Gasteiger charge is 2.08. The molecular weight excluding hydrogens is 410 g/mol. The van der Waals surface area contributed by atoms with Crippen molar-refractivity contribution in [2.45, 2.75) is 20.0 Å². The molecular formula is C15H22FIN6. The largest absolute Gasteiger partial charge is 0.357 e. The van der Waals surface area contributed by atoms with Gasteiger partial charge in [-0.2, -0.15) is 5.10 Å². The Balaban J connectivity index is 0.00000264. The van der Waals surface area contributed by atoms with Gasteiger partial charge in [0.15, 0.2) is 5.96 Å². The number of aryl methyl sites for hydroxylation is 1. The van der Waals surface area contributed by atoms with Gasteiger partial charge in [0, 0.05) is 27.2 Å². The quantitative estimate of drug-likeness (QED) is 0.447. The van der Waals surface area contributed by atoms with Gasteiger partial charge in [-0.05, 0) is 24.6 Å². The Morgan fingerprint density at radius 2 is 2.22 bits per heavy atom. The van der Waals surface area contributed by atoms with Gasteiger partial charge in [-0.15, -0.1) is 24.0 Å². The van der Waals surface area contributed by atoms with Crippen molar-refractivity contribution >= 4 is 29.9 Å². The van der Waals surface area contributed by atoms with Crippen LogP contribution in [0.5, 0.6) is 0 Å². The second-order valence-corrected chi connectivity index (χ2v) is 4.96. The number of hydrogen-bond acceptors (Lipinski definition) is 3. The number of hydrogen-bond donors (Lipinski definition) is 1. The highest BCUT2D eigenvalue weighted by atomic mass is 127. The standard InChI is InChI=1S/C15H21FN6.HI/c1-4-17-15(18-9-14-19-11-20-22(14)3)21(2)10-12-6-5-7-13(16)8-12;/h5-8,11H,4,9-10H2,1-3H3,(H,17,18);1H. The van der Waals surface area contributed by atoms with Gasteiger partial charge in [-0.25, -0.2) is 14.4 Å².